The zero-order valence-electron chi connectivity index (χ0n) is 10.1. The molecule has 0 bridgehead atoms. The standard InChI is InChI=1S/C12H18ClNO2S/c1-3-9(2)12(14)8-17(15,16)11-6-4-10(13)5-7-11/h4-7,9,12H,3,8,14H2,1-2H3. The summed E-state index contributed by atoms with van der Waals surface area (Å²) in [6.45, 7) is 3.96. The molecule has 0 saturated heterocycles. The smallest absolute Gasteiger partial charge is 0.179 e. The van der Waals surface area contributed by atoms with Crippen LogP contribution in [0.3, 0.4) is 0 Å². The fourth-order valence-corrected chi connectivity index (χ4v) is 3.16. The lowest BCUT2D eigenvalue weighted by molar-refractivity contribution is 0.466. The summed E-state index contributed by atoms with van der Waals surface area (Å²) >= 11 is 5.72. The van der Waals surface area contributed by atoms with Crippen LogP contribution in [0.5, 0.6) is 0 Å². The molecule has 0 aromatic heterocycles. The van der Waals surface area contributed by atoms with Gasteiger partial charge in [0.05, 0.1) is 10.6 Å². The summed E-state index contributed by atoms with van der Waals surface area (Å²) in [5.74, 6) is 0.168. The Morgan fingerprint density at radius 1 is 1.29 bits per heavy atom. The summed E-state index contributed by atoms with van der Waals surface area (Å²) in [6.07, 6.45) is 0.872. The van der Waals surface area contributed by atoms with Gasteiger partial charge < -0.3 is 5.73 Å². The number of halogens is 1. The van der Waals surface area contributed by atoms with Crippen LogP contribution in [-0.4, -0.2) is 20.2 Å². The Balaban J connectivity index is 2.85. The quantitative estimate of drug-likeness (QED) is 0.898. The van der Waals surface area contributed by atoms with Gasteiger partial charge in [-0.15, -0.1) is 0 Å². The summed E-state index contributed by atoms with van der Waals surface area (Å²) in [7, 11) is -3.32. The van der Waals surface area contributed by atoms with E-state index in [2.05, 4.69) is 0 Å². The molecule has 0 aliphatic heterocycles. The monoisotopic (exact) mass is 275 g/mol. The van der Waals surface area contributed by atoms with E-state index in [1.807, 2.05) is 13.8 Å². The van der Waals surface area contributed by atoms with E-state index in [1.165, 1.54) is 12.1 Å². The Hall–Kier alpha value is -0.580. The van der Waals surface area contributed by atoms with Crippen LogP contribution < -0.4 is 5.73 Å². The normalized spacial score (nSPS) is 15.5. The van der Waals surface area contributed by atoms with Crippen LogP contribution in [0.25, 0.3) is 0 Å². The second-order valence-corrected chi connectivity index (χ2v) is 6.76. The van der Waals surface area contributed by atoms with Crippen molar-refractivity contribution in [3.63, 3.8) is 0 Å². The van der Waals surface area contributed by atoms with Crippen LogP contribution in [0.4, 0.5) is 0 Å². The molecule has 0 amide bonds. The molecule has 0 heterocycles. The Morgan fingerprint density at radius 2 is 1.82 bits per heavy atom. The van der Waals surface area contributed by atoms with Crippen molar-refractivity contribution in [2.75, 3.05) is 5.75 Å². The zero-order valence-corrected chi connectivity index (χ0v) is 11.6. The number of hydrogen-bond acceptors (Lipinski definition) is 3. The molecule has 2 atom stereocenters. The average Bonchev–Trinajstić information content (AvgIpc) is 2.27. The number of hydrogen-bond donors (Lipinski definition) is 1. The van der Waals surface area contributed by atoms with Crippen molar-refractivity contribution < 1.29 is 8.42 Å². The lowest BCUT2D eigenvalue weighted by Crippen LogP contribution is -2.35. The highest BCUT2D eigenvalue weighted by Crippen LogP contribution is 2.17. The predicted molar refractivity (Wildman–Crippen MR) is 70.9 cm³/mol. The minimum atomic E-state index is -3.32. The van der Waals surface area contributed by atoms with Crippen LogP contribution in [0.2, 0.25) is 5.02 Å². The topological polar surface area (TPSA) is 60.2 Å². The Kier molecular flexibility index (Phi) is 4.98. The number of sulfone groups is 1. The van der Waals surface area contributed by atoms with Gasteiger partial charge in [0.25, 0.3) is 0 Å². The van der Waals surface area contributed by atoms with Gasteiger partial charge in [0.2, 0.25) is 0 Å². The molecule has 3 nitrogen and oxygen atoms in total. The second-order valence-electron chi connectivity index (χ2n) is 4.28. The molecule has 0 spiro atoms. The lowest BCUT2D eigenvalue weighted by atomic mass is 10.0. The van der Waals surface area contributed by atoms with Crippen molar-refractivity contribution in [3.05, 3.63) is 29.3 Å². The van der Waals surface area contributed by atoms with E-state index in [4.69, 9.17) is 17.3 Å². The Morgan fingerprint density at radius 3 is 2.29 bits per heavy atom. The lowest BCUT2D eigenvalue weighted by Gasteiger charge is -2.18. The van der Waals surface area contributed by atoms with Gasteiger partial charge in [0.15, 0.2) is 9.84 Å². The van der Waals surface area contributed by atoms with Crippen LogP contribution in [0.1, 0.15) is 20.3 Å². The van der Waals surface area contributed by atoms with E-state index in [0.717, 1.165) is 6.42 Å². The predicted octanol–water partition coefficient (Wildman–Crippen LogP) is 2.49. The van der Waals surface area contributed by atoms with E-state index >= 15 is 0 Å². The van der Waals surface area contributed by atoms with Crippen LogP contribution >= 0.6 is 11.6 Å². The molecular formula is C12H18ClNO2S. The first-order chi connectivity index (χ1) is 7.86. The molecule has 0 radical (unpaired) electrons. The van der Waals surface area contributed by atoms with Crippen molar-refractivity contribution in [1.29, 1.82) is 0 Å². The largest absolute Gasteiger partial charge is 0.327 e. The Labute approximate surface area is 108 Å². The van der Waals surface area contributed by atoms with Gasteiger partial charge in [-0.05, 0) is 30.2 Å². The molecule has 0 saturated carbocycles. The summed E-state index contributed by atoms with van der Waals surface area (Å²) in [5, 5.41) is 0.523. The van der Waals surface area contributed by atoms with Gasteiger partial charge >= 0.3 is 0 Å². The Bertz CT molecular complexity index is 456. The van der Waals surface area contributed by atoms with Crippen LogP contribution in [0, 0.1) is 5.92 Å². The first-order valence-electron chi connectivity index (χ1n) is 5.60. The minimum absolute atomic E-state index is 0.0242. The fraction of sp³-hybridized carbons (Fsp3) is 0.500. The molecule has 17 heavy (non-hydrogen) atoms. The third-order valence-electron chi connectivity index (χ3n) is 2.96. The molecule has 1 aromatic rings. The molecule has 1 aromatic carbocycles. The summed E-state index contributed by atoms with van der Waals surface area (Å²) in [5.41, 5.74) is 5.88. The first kappa shape index (κ1) is 14.5. The third-order valence-corrected chi connectivity index (χ3v) is 5.03. The first-order valence-corrected chi connectivity index (χ1v) is 7.63. The molecule has 0 fully saturated rings. The third kappa shape index (κ3) is 3.98. The van der Waals surface area contributed by atoms with Crippen molar-refractivity contribution in [1.82, 2.24) is 0 Å². The van der Waals surface area contributed by atoms with Gasteiger partial charge in [-0.3, -0.25) is 0 Å². The summed E-state index contributed by atoms with van der Waals surface area (Å²) < 4.78 is 24.1. The number of rotatable bonds is 5. The molecule has 2 N–H and O–H groups in total. The van der Waals surface area contributed by atoms with Crippen LogP contribution in [-0.2, 0) is 9.84 Å². The van der Waals surface area contributed by atoms with E-state index in [-0.39, 0.29) is 22.6 Å². The summed E-state index contributed by atoms with van der Waals surface area (Å²) in [6, 6.07) is 5.84. The van der Waals surface area contributed by atoms with Gasteiger partial charge in [-0.2, -0.15) is 0 Å². The maximum Gasteiger partial charge on any atom is 0.179 e. The summed E-state index contributed by atoms with van der Waals surface area (Å²) in [4.78, 5) is 0.278. The van der Waals surface area contributed by atoms with E-state index in [0.29, 0.717) is 5.02 Å². The van der Waals surface area contributed by atoms with Gasteiger partial charge in [-0.1, -0.05) is 31.9 Å². The van der Waals surface area contributed by atoms with Crippen molar-refractivity contribution in [2.24, 2.45) is 11.7 Å². The zero-order chi connectivity index (χ0) is 13.1. The molecule has 2 unspecified atom stereocenters. The molecule has 0 aliphatic carbocycles. The van der Waals surface area contributed by atoms with Gasteiger partial charge in [0.1, 0.15) is 0 Å². The van der Waals surface area contributed by atoms with E-state index < -0.39 is 9.84 Å². The SMILES string of the molecule is CCC(C)C(N)CS(=O)(=O)c1ccc(Cl)cc1. The maximum absolute atomic E-state index is 12.1. The van der Waals surface area contributed by atoms with Crippen molar-refractivity contribution in [3.8, 4) is 0 Å². The molecule has 5 heteroatoms. The van der Waals surface area contributed by atoms with Crippen molar-refractivity contribution >= 4 is 21.4 Å². The highest BCUT2D eigenvalue weighted by Gasteiger charge is 2.21. The highest BCUT2D eigenvalue weighted by molar-refractivity contribution is 7.91. The minimum Gasteiger partial charge on any atom is -0.327 e. The number of nitrogens with two attached hydrogens (primary N) is 1. The van der Waals surface area contributed by atoms with Crippen molar-refractivity contribution in [2.45, 2.75) is 31.2 Å². The maximum atomic E-state index is 12.1. The fourth-order valence-electron chi connectivity index (χ4n) is 1.46. The second kappa shape index (κ2) is 5.85. The van der Waals surface area contributed by atoms with E-state index in [1.54, 1.807) is 12.1 Å². The molecule has 1 rings (SSSR count). The van der Waals surface area contributed by atoms with Gasteiger partial charge in [-0.25, -0.2) is 8.42 Å². The molecule has 0 aliphatic rings. The number of benzene rings is 1. The molecular weight excluding hydrogens is 258 g/mol. The van der Waals surface area contributed by atoms with E-state index in [9.17, 15) is 8.42 Å². The molecule has 96 valence electrons. The highest BCUT2D eigenvalue weighted by atomic mass is 35.5. The van der Waals surface area contributed by atoms with Gasteiger partial charge in [0, 0.05) is 11.1 Å². The van der Waals surface area contributed by atoms with Crippen LogP contribution in [0.15, 0.2) is 29.2 Å². The average molecular weight is 276 g/mol.